The van der Waals surface area contributed by atoms with Gasteiger partial charge in [0.1, 0.15) is 10.7 Å². The number of ether oxygens (including phenoxy) is 1. The first-order chi connectivity index (χ1) is 14.8. The number of sulfonamides is 1. The fourth-order valence-electron chi connectivity index (χ4n) is 3.26. The number of carbonyl (C=O) groups excluding carboxylic acids is 2. The summed E-state index contributed by atoms with van der Waals surface area (Å²) >= 11 is 1.40. The number of morpholine rings is 1. The van der Waals surface area contributed by atoms with E-state index in [1.165, 1.54) is 17.8 Å². The van der Waals surface area contributed by atoms with E-state index in [0.29, 0.717) is 5.69 Å². The minimum atomic E-state index is -4.06. The second kappa shape index (κ2) is 8.58. The van der Waals surface area contributed by atoms with Crippen molar-refractivity contribution in [3.63, 3.8) is 0 Å². The Balaban J connectivity index is 1.56. The Labute approximate surface area is 183 Å². The largest absolute Gasteiger partial charge is 0.379 e. The Morgan fingerprint density at radius 3 is 2.71 bits per heavy atom. The number of hydrogen-bond donors (Lipinski definition) is 2. The third-order valence-electron chi connectivity index (χ3n) is 4.95. The molecule has 1 saturated heterocycles. The van der Waals surface area contributed by atoms with Crippen LogP contribution in [0.5, 0.6) is 0 Å². The lowest BCUT2D eigenvalue weighted by Crippen LogP contribution is -2.40. The fourth-order valence-corrected chi connectivity index (χ4v) is 5.69. The second-order valence-electron chi connectivity index (χ2n) is 7.08. The maximum atomic E-state index is 14.3. The van der Waals surface area contributed by atoms with Gasteiger partial charge in [-0.05, 0) is 43.3 Å². The molecule has 2 aliphatic heterocycles. The van der Waals surface area contributed by atoms with Gasteiger partial charge in [0.15, 0.2) is 0 Å². The van der Waals surface area contributed by atoms with Crippen LogP contribution < -0.4 is 10.6 Å². The molecule has 2 aromatic carbocycles. The number of fused-ring (bicyclic) bond motifs is 1. The molecule has 2 N–H and O–H groups in total. The average molecular weight is 466 g/mol. The normalized spacial score (nSPS) is 19.4. The molecule has 164 valence electrons. The van der Waals surface area contributed by atoms with Gasteiger partial charge in [0.2, 0.25) is 15.9 Å². The van der Waals surface area contributed by atoms with Crippen molar-refractivity contribution in [1.82, 2.24) is 4.31 Å². The first-order valence-corrected chi connectivity index (χ1v) is 11.9. The zero-order valence-corrected chi connectivity index (χ0v) is 18.2. The lowest BCUT2D eigenvalue weighted by molar-refractivity contribution is -0.115. The predicted octanol–water partition coefficient (Wildman–Crippen LogP) is 2.53. The number of hydrogen-bond acceptors (Lipinski definition) is 6. The second-order valence-corrected chi connectivity index (χ2v) is 10.4. The zero-order chi connectivity index (χ0) is 22.2. The molecule has 2 aliphatic rings. The van der Waals surface area contributed by atoms with E-state index in [0.717, 1.165) is 21.3 Å². The minimum Gasteiger partial charge on any atom is -0.379 e. The van der Waals surface area contributed by atoms with Crippen molar-refractivity contribution < 1.29 is 27.1 Å². The molecule has 0 aromatic heterocycles. The van der Waals surface area contributed by atoms with E-state index in [4.69, 9.17) is 4.74 Å². The highest BCUT2D eigenvalue weighted by Crippen LogP contribution is 2.36. The SMILES string of the molecule is CC1Sc2ccc(C(=O)Nc3ccc(F)c(S(=O)(=O)N4CCOCC4)c3)cc2NC1=O. The summed E-state index contributed by atoms with van der Waals surface area (Å²) in [4.78, 5) is 24.9. The molecule has 1 fully saturated rings. The van der Waals surface area contributed by atoms with E-state index in [9.17, 15) is 22.4 Å². The third kappa shape index (κ3) is 4.45. The highest BCUT2D eigenvalue weighted by molar-refractivity contribution is 8.01. The lowest BCUT2D eigenvalue weighted by atomic mass is 10.1. The lowest BCUT2D eigenvalue weighted by Gasteiger charge is -2.26. The fraction of sp³-hybridized carbons (Fsp3) is 0.300. The van der Waals surface area contributed by atoms with Crippen LogP contribution in [0.15, 0.2) is 46.2 Å². The molecule has 4 rings (SSSR count). The third-order valence-corrected chi connectivity index (χ3v) is 8.04. The number of halogens is 1. The molecule has 0 radical (unpaired) electrons. The molecule has 0 aliphatic carbocycles. The van der Waals surface area contributed by atoms with Crippen molar-refractivity contribution in [2.24, 2.45) is 0 Å². The molecule has 0 saturated carbocycles. The van der Waals surface area contributed by atoms with Gasteiger partial charge in [0, 0.05) is 29.2 Å². The van der Waals surface area contributed by atoms with E-state index >= 15 is 0 Å². The molecule has 2 aromatic rings. The van der Waals surface area contributed by atoms with Crippen LogP contribution in [0.1, 0.15) is 17.3 Å². The van der Waals surface area contributed by atoms with Crippen LogP contribution in [-0.2, 0) is 19.6 Å². The summed E-state index contributed by atoms with van der Waals surface area (Å²) in [6.07, 6.45) is 0. The van der Waals surface area contributed by atoms with Gasteiger partial charge in [-0.3, -0.25) is 9.59 Å². The van der Waals surface area contributed by atoms with E-state index < -0.39 is 26.6 Å². The van der Waals surface area contributed by atoms with E-state index in [1.54, 1.807) is 25.1 Å². The van der Waals surface area contributed by atoms with Gasteiger partial charge in [0.25, 0.3) is 5.91 Å². The van der Waals surface area contributed by atoms with Gasteiger partial charge in [-0.2, -0.15) is 4.31 Å². The topological polar surface area (TPSA) is 105 Å². The van der Waals surface area contributed by atoms with Crippen LogP contribution in [0.4, 0.5) is 15.8 Å². The smallest absolute Gasteiger partial charge is 0.255 e. The molecular weight excluding hydrogens is 445 g/mol. The summed E-state index contributed by atoms with van der Waals surface area (Å²) in [5, 5.41) is 5.13. The Kier molecular flexibility index (Phi) is 6.02. The Hall–Kier alpha value is -2.47. The molecule has 1 unspecified atom stereocenters. The van der Waals surface area contributed by atoms with E-state index in [2.05, 4.69) is 10.6 Å². The molecule has 1 atom stereocenters. The van der Waals surface area contributed by atoms with Crippen LogP contribution in [-0.4, -0.2) is 56.1 Å². The van der Waals surface area contributed by atoms with Gasteiger partial charge < -0.3 is 15.4 Å². The van der Waals surface area contributed by atoms with Crippen molar-refractivity contribution in [3.05, 3.63) is 47.8 Å². The summed E-state index contributed by atoms with van der Waals surface area (Å²) in [6.45, 7) is 2.54. The van der Waals surface area contributed by atoms with Crippen molar-refractivity contribution >= 4 is 45.0 Å². The number of anilines is 2. The molecule has 2 heterocycles. The van der Waals surface area contributed by atoms with Gasteiger partial charge in [-0.1, -0.05) is 0 Å². The predicted molar refractivity (Wildman–Crippen MR) is 114 cm³/mol. The molecule has 11 heteroatoms. The monoisotopic (exact) mass is 465 g/mol. The number of carbonyl (C=O) groups is 2. The maximum absolute atomic E-state index is 14.3. The Bertz CT molecular complexity index is 1150. The Morgan fingerprint density at radius 1 is 1.23 bits per heavy atom. The summed E-state index contributed by atoms with van der Waals surface area (Å²) in [5.74, 6) is -1.55. The van der Waals surface area contributed by atoms with E-state index in [1.807, 2.05) is 0 Å². The van der Waals surface area contributed by atoms with Crippen molar-refractivity contribution in [2.75, 3.05) is 36.9 Å². The summed E-state index contributed by atoms with van der Waals surface area (Å²) < 4.78 is 46.3. The van der Waals surface area contributed by atoms with Crippen molar-refractivity contribution in [2.45, 2.75) is 22.0 Å². The molecule has 0 bridgehead atoms. The quantitative estimate of drug-likeness (QED) is 0.719. The summed E-state index contributed by atoms with van der Waals surface area (Å²) in [6, 6.07) is 8.31. The highest BCUT2D eigenvalue weighted by Gasteiger charge is 2.29. The van der Waals surface area contributed by atoms with Crippen LogP contribution in [0.3, 0.4) is 0 Å². The first kappa shape index (κ1) is 21.8. The molecule has 8 nitrogen and oxygen atoms in total. The van der Waals surface area contributed by atoms with E-state index in [-0.39, 0.29) is 48.7 Å². The number of thioether (sulfide) groups is 1. The molecule has 0 spiro atoms. The van der Waals surface area contributed by atoms with Crippen molar-refractivity contribution in [3.8, 4) is 0 Å². The standard InChI is InChI=1S/C20H20FN3O5S2/c1-12-19(25)23-16-10-13(2-5-17(16)30-12)20(26)22-14-3-4-15(21)18(11-14)31(27,28)24-6-8-29-9-7-24/h2-5,10-12H,6-9H2,1H3,(H,22,26)(H,23,25). The molecule has 2 amide bonds. The minimum absolute atomic E-state index is 0.135. The van der Waals surface area contributed by atoms with Crippen molar-refractivity contribution in [1.29, 1.82) is 0 Å². The zero-order valence-electron chi connectivity index (χ0n) is 16.6. The van der Waals surface area contributed by atoms with Gasteiger partial charge in [-0.25, -0.2) is 12.8 Å². The van der Waals surface area contributed by atoms with Gasteiger partial charge >= 0.3 is 0 Å². The van der Waals surface area contributed by atoms with Gasteiger partial charge in [-0.15, -0.1) is 11.8 Å². The molecular formula is C20H20FN3O5S2. The number of amides is 2. The van der Waals surface area contributed by atoms with Gasteiger partial charge in [0.05, 0.1) is 24.2 Å². The van der Waals surface area contributed by atoms with Crippen LogP contribution in [0.2, 0.25) is 0 Å². The first-order valence-electron chi connectivity index (χ1n) is 9.56. The summed E-state index contributed by atoms with van der Waals surface area (Å²) in [7, 11) is -4.06. The van der Waals surface area contributed by atoms with Crippen LogP contribution >= 0.6 is 11.8 Å². The average Bonchev–Trinajstić information content (AvgIpc) is 2.76. The highest BCUT2D eigenvalue weighted by atomic mass is 32.2. The van der Waals surface area contributed by atoms with Crippen LogP contribution in [0.25, 0.3) is 0 Å². The number of benzene rings is 2. The Morgan fingerprint density at radius 2 is 1.97 bits per heavy atom. The number of nitrogens with one attached hydrogen (secondary N) is 2. The summed E-state index contributed by atoms with van der Waals surface area (Å²) in [5.41, 5.74) is 0.953. The number of nitrogens with zero attached hydrogens (tertiary/aromatic N) is 1. The molecule has 31 heavy (non-hydrogen) atoms. The number of rotatable bonds is 4. The van der Waals surface area contributed by atoms with Crippen LogP contribution in [0, 0.1) is 5.82 Å². The maximum Gasteiger partial charge on any atom is 0.255 e.